The molecule has 0 unspecified atom stereocenters. The first-order valence-corrected chi connectivity index (χ1v) is 9.94. The van der Waals surface area contributed by atoms with Gasteiger partial charge >= 0.3 is 5.97 Å². The maximum atomic E-state index is 11.7. The van der Waals surface area contributed by atoms with Crippen molar-refractivity contribution in [2.75, 3.05) is 13.7 Å². The lowest BCUT2D eigenvalue weighted by Gasteiger charge is -2.39. The van der Waals surface area contributed by atoms with E-state index in [-0.39, 0.29) is 23.3 Å². The van der Waals surface area contributed by atoms with Crippen molar-refractivity contribution < 1.29 is 49.6 Å². The van der Waals surface area contributed by atoms with Crippen molar-refractivity contribution in [1.29, 1.82) is 0 Å². The molecule has 0 radical (unpaired) electrons. The number of carboxylic acid groups (broad SMARTS) is 1. The van der Waals surface area contributed by atoms with Crippen LogP contribution < -0.4 is 9.47 Å². The van der Waals surface area contributed by atoms with Crippen LogP contribution in [-0.4, -0.2) is 81.0 Å². The number of aliphatic hydroxyl groups excluding tert-OH is 4. The van der Waals surface area contributed by atoms with Crippen LogP contribution in [0.5, 0.6) is 17.2 Å². The van der Waals surface area contributed by atoms with Crippen LogP contribution in [0.3, 0.4) is 0 Å². The van der Waals surface area contributed by atoms with E-state index >= 15 is 0 Å². The maximum Gasteiger partial charge on any atom is 0.339 e. The lowest BCUT2D eigenvalue weighted by atomic mass is 9.98. The van der Waals surface area contributed by atoms with Crippen LogP contribution >= 0.6 is 0 Å². The highest BCUT2D eigenvalue weighted by molar-refractivity contribution is 5.93. The van der Waals surface area contributed by atoms with Crippen LogP contribution in [0.2, 0.25) is 0 Å². The Morgan fingerprint density at radius 2 is 1.69 bits per heavy atom. The summed E-state index contributed by atoms with van der Waals surface area (Å²) < 4.78 is 15.9. The van der Waals surface area contributed by atoms with Gasteiger partial charge in [0.1, 0.15) is 47.2 Å². The normalized spacial score (nSPS) is 25.3. The summed E-state index contributed by atoms with van der Waals surface area (Å²) in [5.41, 5.74) is 0.925. The van der Waals surface area contributed by atoms with Gasteiger partial charge in [-0.2, -0.15) is 0 Å². The summed E-state index contributed by atoms with van der Waals surface area (Å²) >= 11 is 0. The highest BCUT2D eigenvalue weighted by Gasteiger charge is 2.44. The maximum absolute atomic E-state index is 11.7. The van der Waals surface area contributed by atoms with Gasteiger partial charge in [0.25, 0.3) is 0 Å². The molecule has 32 heavy (non-hydrogen) atoms. The van der Waals surface area contributed by atoms with Crippen LogP contribution in [0.4, 0.5) is 0 Å². The molecule has 1 fully saturated rings. The monoisotopic (exact) mass is 450 g/mol. The van der Waals surface area contributed by atoms with Gasteiger partial charge in [-0.05, 0) is 42.2 Å². The minimum absolute atomic E-state index is 0.0124. The Labute approximate surface area is 183 Å². The number of benzene rings is 2. The number of aromatic hydroxyl groups is 1. The number of carbonyl (C=O) groups is 1. The number of carboxylic acids is 1. The van der Waals surface area contributed by atoms with Gasteiger partial charge < -0.3 is 44.8 Å². The van der Waals surface area contributed by atoms with E-state index in [1.807, 2.05) is 12.1 Å². The topological polar surface area (TPSA) is 166 Å². The molecule has 5 atom stereocenters. The van der Waals surface area contributed by atoms with Crippen LogP contribution in [0.15, 0.2) is 36.4 Å². The van der Waals surface area contributed by atoms with Gasteiger partial charge in [0, 0.05) is 6.07 Å². The van der Waals surface area contributed by atoms with E-state index in [2.05, 4.69) is 0 Å². The fraction of sp³-hybridized carbons (Fsp3) is 0.409. The van der Waals surface area contributed by atoms with Crippen molar-refractivity contribution in [2.45, 2.75) is 43.5 Å². The Bertz CT molecular complexity index is 927. The average molecular weight is 450 g/mol. The van der Waals surface area contributed by atoms with Gasteiger partial charge in [0.2, 0.25) is 6.29 Å². The molecule has 174 valence electrons. The van der Waals surface area contributed by atoms with Gasteiger partial charge in [0.15, 0.2) is 0 Å². The number of rotatable bonds is 8. The van der Waals surface area contributed by atoms with E-state index in [0.29, 0.717) is 12.2 Å². The molecule has 0 spiro atoms. The second-order valence-electron chi connectivity index (χ2n) is 7.44. The van der Waals surface area contributed by atoms with E-state index in [9.17, 15) is 35.4 Å². The molecule has 0 aliphatic carbocycles. The summed E-state index contributed by atoms with van der Waals surface area (Å²) in [6.45, 7) is -0.624. The molecule has 1 heterocycles. The smallest absolute Gasteiger partial charge is 0.339 e. The third kappa shape index (κ3) is 5.12. The van der Waals surface area contributed by atoms with Crippen molar-refractivity contribution in [2.24, 2.45) is 0 Å². The van der Waals surface area contributed by atoms with E-state index in [0.717, 1.165) is 11.6 Å². The first kappa shape index (κ1) is 23.8. The van der Waals surface area contributed by atoms with Crippen LogP contribution in [0, 0.1) is 0 Å². The van der Waals surface area contributed by atoms with Gasteiger partial charge in [-0.1, -0.05) is 12.1 Å². The molecule has 1 aliphatic rings. The second kappa shape index (κ2) is 10.2. The molecule has 1 saturated heterocycles. The van der Waals surface area contributed by atoms with E-state index < -0.39 is 49.0 Å². The van der Waals surface area contributed by atoms with Gasteiger partial charge in [0.05, 0.1) is 13.7 Å². The number of aromatic carboxylic acids is 1. The Morgan fingerprint density at radius 1 is 1.00 bits per heavy atom. The van der Waals surface area contributed by atoms with Crippen molar-refractivity contribution in [3.63, 3.8) is 0 Å². The molecule has 0 bridgehead atoms. The fourth-order valence-corrected chi connectivity index (χ4v) is 3.54. The fourth-order valence-electron chi connectivity index (χ4n) is 3.54. The molecule has 3 rings (SSSR count). The Morgan fingerprint density at radius 3 is 2.28 bits per heavy atom. The number of hydrogen-bond acceptors (Lipinski definition) is 9. The van der Waals surface area contributed by atoms with Crippen molar-refractivity contribution in [1.82, 2.24) is 0 Å². The predicted octanol–water partition coefficient (Wildman–Crippen LogP) is 0.0629. The molecular formula is C22H26O10. The number of phenols is 1. The molecule has 10 heteroatoms. The molecule has 10 nitrogen and oxygen atoms in total. The molecule has 0 aromatic heterocycles. The van der Waals surface area contributed by atoms with Crippen LogP contribution in [0.1, 0.15) is 21.5 Å². The quantitative estimate of drug-likeness (QED) is 0.324. The number of aryl methyl sites for hydroxylation is 2. The Balaban J connectivity index is 1.82. The second-order valence-corrected chi connectivity index (χ2v) is 7.44. The lowest BCUT2D eigenvalue weighted by molar-refractivity contribution is -0.277. The third-order valence-electron chi connectivity index (χ3n) is 5.33. The zero-order valence-electron chi connectivity index (χ0n) is 17.3. The van der Waals surface area contributed by atoms with Crippen LogP contribution in [-0.2, 0) is 17.6 Å². The van der Waals surface area contributed by atoms with Gasteiger partial charge in [-0.25, -0.2) is 4.79 Å². The van der Waals surface area contributed by atoms with Crippen LogP contribution in [0.25, 0.3) is 0 Å². The average Bonchev–Trinajstić information content (AvgIpc) is 2.77. The first-order chi connectivity index (χ1) is 15.2. The molecule has 2 aromatic rings. The SMILES string of the molecule is COc1ccc(CCc2cc(O[C@H]3O[C@H](CO)[C@@H](O)[C@H](O)[C@H]3O)cc(O)c2C(=O)O)cc1. The molecule has 0 amide bonds. The predicted molar refractivity (Wildman–Crippen MR) is 110 cm³/mol. The van der Waals surface area contributed by atoms with Crippen molar-refractivity contribution in [3.05, 3.63) is 53.1 Å². The number of ether oxygens (including phenoxy) is 3. The number of hydrogen-bond donors (Lipinski definition) is 6. The Kier molecular flexibility index (Phi) is 7.54. The van der Waals surface area contributed by atoms with Crippen molar-refractivity contribution in [3.8, 4) is 17.2 Å². The minimum Gasteiger partial charge on any atom is -0.507 e. The van der Waals surface area contributed by atoms with Crippen molar-refractivity contribution >= 4 is 5.97 Å². The van der Waals surface area contributed by atoms with Gasteiger partial charge in [-0.3, -0.25) is 0 Å². The number of aliphatic hydroxyl groups is 4. The third-order valence-corrected chi connectivity index (χ3v) is 5.33. The lowest BCUT2D eigenvalue weighted by Crippen LogP contribution is -2.60. The minimum atomic E-state index is -1.64. The highest BCUT2D eigenvalue weighted by Crippen LogP contribution is 2.32. The number of methoxy groups -OCH3 is 1. The van der Waals surface area contributed by atoms with E-state index in [1.165, 1.54) is 6.07 Å². The highest BCUT2D eigenvalue weighted by atomic mass is 16.7. The summed E-state index contributed by atoms with van der Waals surface area (Å²) in [4.78, 5) is 11.7. The standard InChI is InChI=1S/C22H26O10/c1-30-13-6-3-11(4-7-13)2-5-12-8-14(9-15(24)17(12)21(28)29)31-22-20(27)19(26)18(25)16(10-23)32-22/h3-4,6-9,16,18-20,22-27H,2,5,10H2,1H3,(H,28,29)/t16-,18-,19+,20-,22+/m1/s1. The zero-order valence-corrected chi connectivity index (χ0v) is 17.3. The largest absolute Gasteiger partial charge is 0.507 e. The molecule has 6 N–H and O–H groups in total. The summed E-state index contributed by atoms with van der Waals surface area (Å²) in [7, 11) is 1.55. The molecule has 2 aromatic carbocycles. The molecule has 0 saturated carbocycles. The summed E-state index contributed by atoms with van der Waals surface area (Å²) in [6.07, 6.45) is -6.72. The van der Waals surface area contributed by atoms with E-state index in [4.69, 9.17) is 14.2 Å². The van der Waals surface area contributed by atoms with E-state index in [1.54, 1.807) is 19.2 Å². The molecule has 1 aliphatic heterocycles. The van der Waals surface area contributed by atoms with Gasteiger partial charge in [-0.15, -0.1) is 0 Å². The summed E-state index contributed by atoms with van der Waals surface area (Å²) in [5, 5.41) is 59.0. The first-order valence-electron chi connectivity index (χ1n) is 9.94. The zero-order chi connectivity index (χ0) is 23.4. The Hall–Kier alpha value is -2.89. The molecular weight excluding hydrogens is 424 g/mol. The summed E-state index contributed by atoms with van der Waals surface area (Å²) in [5.74, 6) is -1.18. The summed E-state index contributed by atoms with van der Waals surface area (Å²) in [6, 6.07) is 9.70.